The van der Waals surface area contributed by atoms with E-state index < -0.39 is 5.69 Å². The zero-order chi connectivity index (χ0) is 22.8. The van der Waals surface area contributed by atoms with Crippen LogP contribution in [0.4, 0.5) is 5.95 Å². The number of nitrogens with zero attached hydrogens (tertiary/aromatic N) is 6. The lowest BCUT2D eigenvalue weighted by atomic mass is 9.89. The zero-order valence-corrected chi connectivity index (χ0v) is 19.0. The molecular formula is C24H26N6O2. The SMILES string of the molecule is Cn1c(=O)c2c(nc3n2CC(C(C)(C)C)=NN3Cc2cccc3ccccc23)n(C)c1=O. The first kappa shape index (κ1) is 20.2. The van der Waals surface area contributed by atoms with Crippen molar-refractivity contribution in [3.63, 3.8) is 0 Å². The Kier molecular flexibility index (Phi) is 4.37. The molecule has 4 aromatic rings. The highest BCUT2D eigenvalue weighted by atomic mass is 16.2. The Morgan fingerprint density at radius 3 is 2.44 bits per heavy atom. The normalized spacial score (nSPS) is 14.2. The van der Waals surface area contributed by atoms with Crippen molar-refractivity contribution in [3.8, 4) is 0 Å². The van der Waals surface area contributed by atoms with E-state index in [-0.39, 0.29) is 11.0 Å². The summed E-state index contributed by atoms with van der Waals surface area (Å²) in [5.41, 5.74) is 1.92. The van der Waals surface area contributed by atoms with Gasteiger partial charge in [0.05, 0.1) is 18.8 Å². The van der Waals surface area contributed by atoms with Gasteiger partial charge in [-0.05, 0) is 16.3 Å². The molecule has 0 saturated heterocycles. The van der Waals surface area contributed by atoms with Crippen LogP contribution in [0.5, 0.6) is 0 Å². The van der Waals surface area contributed by atoms with E-state index in [0.717, 1.165) is 26.6 Å². The Bertz CT molecular complexity index is 1530. The molecule has 0 radical (unpaired) electrons. The molecule has 2 aromatic carbocycles. The Balaban J connectivity index is 1.75. The third-order valence-corrected chi connectivity index (χ3v) is 6.17. The van der Waals surface area contributed by atoms with Crippen LogP contribution in [0.1, 0.15) is 26.3 Å². The van der Waals surface area contributed by atoms with Crippen LogP contribution in [0.3, 0.4) is 0 Å². The van der Waals surface area contributed by atoms with Gasteiger partial charge in [-0.3, -0.25) is 18.5 Å². The minimum atomic E-state index is -0.393. The highest BCUT2D eigenvalue weighted by Crippen LogP contribution is 2.31. The van der Waals surface area contributed by atoms with Crippen molar-refractivity contribution in [1.29, 1.82) is 0 Å². The molecule has 0 spiro atoms. The Morgan fingerprint density at radius 1 is 0.969 bits per heavy atom. The first-order valence-corrected chi connectivity index (χ1v) is 10.6. The van der Waals surface area contributed by atoms with Crippen molar-refractivity contribution >= 4 is 33.6 Å². The van der Waals surface area contributed by atoms with Crippen LogP contribution in [0, 0.1) is 5.41 Å². The molecule has 32 heavy (non-hydrogen) atoms. The maximum absolute atomic E-state index is 13.1. The fourth-order valence-corrected chi connectivity index (χ4v) is 4.24. The standard InChI is InChI=1S/C24H26N6O2/c1-24(2,3)18-14-29-19-20(27(4)23(32)28(5)21(19)31)25-22(29)30(26-18)13-16-11-8-10-15-9-6-7-12-17(15)16/h6-12H,13-14H2,1-5H3. The van der Waals surface area contributed by atoms with E-state index in [1.807, 2.05) is 27.8 Å². The summed E-state index contributed by atoms with van der Waals surface area (Å²) < 4.78 is 4.46. The lowest BCUT2D eigenvalue weighted by Crippen LogP contribution is -2.39. The molecule has 0 atom stereocenters. The number of rotatable bonds is 2. The quantitative estimate of drug-likeness (QED) is 0.490. The maximum Gasteiger partial charge on any atom is 0.332 e. The van der Waals surface area contributed by atoms with Gasteiger partial charge in [-0.15, -0.1) is 0 Å². The van der Waals surface area contributed by atoms with E-state index in [4.69, 9.17) is 10.1 Å². The van der Waals surface area contributed by atoms with E-state index in [1.165, 1.54) is 11.6 Å². The molecule has 2 aromatic heterocycles. The molecule has 164 valence electrons. The second-order valence-corrected chi connectivity index (χ2v) is 9.37. The van der Waals surface area contributed by atoms with Gasteiger partial charge < -0.3 is 0 Å². The van der Waals surface area contributed by atoms with Crippen molar-refractivity contribution in [2.75, 3.05) is 5.01 Å². The molecule has 0 saturated carbocycles. The molecule has 3 heterocycles. The third kappa shape index (κ3) is 2.97. The molecule has 0 unspecified atom stereocenters. The summed E-state index contributed by atoms with van der Waals surface area (Å²) in [4.78, 5) is 30.3. The molecule has 8 nitrogen and oxygen atoms in total. The minimum Gasteiger partial charge on any atom is -0.297 e. The number of hydrogen-bond donors (Lipinski definition) is 0. The van der Waals surface area contributed by atoms with E-state index in [1.54, 1.807) is 7.05 Å². The van der Waals surface area contributed by atoms with Gasteiger partial charge in [0.2, 0.25) is 5.95 Å². The highest BCUT2D eigenvalue weighted by Gasteiger charge is 2.31. The molecular weight excluding hydrogens is 404 g/mol. The van der Waals surface area contributed by atoms with E-state index in [0.29, 0.717) is 30.2 Å². The van der Waals surface area contributed by atoms with Crippen LogP contribution < -0.4 is 16.3 Å². The fraction of sp³-hybridized carbons (Fsp3) is 0.333. The van der Waals surface area contributed by atoms with Crippen LogP contribution in [-0.4, -0.2) is 24.4 Å². The number of aryl methyl sites for hydroxylation is 1. The topological polar surface area (TPSA) is 77.4 Å². The van der Waals surface area contributed by atoms with Gasteiger partial charge in [0.1, 0.15) is 0 Å². The number of benzene rings is 2. The molecule has 0 aliphatic carbocycles. The molecule has 8 heteroatoms. The summed E-state index contributed by atoms with van der Waals surface area (Å²) >= 11 is 0. The second kappa shape index (κ2) is 6.91. The predicted octanol–water partition coefficient (Wildman–Crippen LogP) is 3.01. The van der Waals surface area contributed by atoms with Gasteiger partial charge >= 0.3 is 5.69 Å². The summed E-state index contributed by atoms with van der Waals surface area (Å²) in [7, 11) is 3.14. The smallest absolute Gasteiger partial charge is 0.297 e. The molecule has 5 rings (SSSR count). The largest absolute Gasteiger partial charge is 0.332 e. The average molecular weight is 431 g/mol. The molecule has 1 aliphatic rings. The van der Waals surface area contributed by atoms with E-state index >= 15 is 0 Å². The first-order valence-electron chi connectivity index (χ1n) is 10.6. The molecule has 0 N–H and O–H groups in total. The van der Waals surface area contributed by atoms with Crippen LogP contribution in [-0.2, 0) is 27.2 Å². The van der Waals surface area contributed by atoms with Crippen molar-refractivity contribution in [1.82, 2.24) is 18.7 Å². The van der Waals surface area contributed by atoms with Gasteiger partial charge in [-0.2, -0.15) is 10.1 Å². The number of fused-ring (bicyclic) bond motifs is 4. The Hall–Kier alpha value is -3.68. The van der Waals surface area contributed by atoms with E-state index in [9.17, 15) is 9.59 Å². The molecule has 0 fully saturated rings. The van der Waals surface area contributed by atoms with Gasteiger partial charge in [0.15, 0.2) is 11.2 Å². The lowest BCUT2D eigenvalue weighted by molar-refractivity contribution is 0.549. The van der Waals surface area contributed by atoms with Crippen molar-refractivity contribution in [3.05, 3.63) is 68.9 Å². The maximum atomic E-state index is 13.1. The second-order valence-electron chi connectivity index (χ2n) is 9.37. The summed E-state index contributed by atoms with van der Waals surface area (Å²) in [6.45, 7) is 7.28. The minimum absolute atomic E-state index is 0.197. The summed E-state index contributed by atoms with van der Waals surface area (Å²) in [6, 6.07) is 14.5. The average Bonchev–Trinajstić information content (AvgIpc) is 3.16. The van der Waals surface area contributed by atoms with Gasteiger partial charge in [-0.25, -0.2) is 9.80 Å². The van der Waals surface area contributed by atoms with Crippen LogP contribution in [0.15, 0.2) is 57.2 Å². The summed E-state index contributed by atoms with van der Waals surface area (Å²) in [5, 5.41) is 9.13. The monoisotopic (exact) mass is 430 g/mol. The van der Waals surface area contributed by atoms with Crippen molar-refractivity contribution in [2.24, 2.45) is 24.6 Å². The summed E-state index contributed by atoms with van der Waals surface area (Å²) in [5.74, 6) is 0.569. The third-order valence-electron chi connectivity index (χ3n) is 6.17. The van der Waals surface area contributed by atoms with Crippen LogP contribution >= 0.6 is 0 Å². The van der Waals surface area contributed by atoms with Crippen LogP contribution in [0.25, 0.3) is 21.9 Å². The van der Waals surface area contributed by atoms with E-state index in [2.05, 4.69) is 45.0 Å². The van der Waals surface area contributed by atoms with Gasteiger partial charge in [0, 0.05) is 19.5 Å². The first-order chi connectivity index (χ1) is 15.2. The molecule has 0 amide bonds. The Labute approximate surface area is 185 Å². The molecule has 0 bridgehead atoms. The van der Waals surface area contributed by atoms with Crippen molar-refractivity contribution in [2.45, 2.75) is 33.9 Å². The molecule has 1 aliphatic heterocycles. The number of aromatic nitrogens is 4. The predicted molar refractivity (Wildman–Crippen MR) is 127 cm³/mol. The Morgan fingerprint density at radius 2 is 1.69 bits per heavy atom. The fourth-order valence-electron chi connectivity index (χ4n) is 4.24. The van der Waals surface area contributed by atoms with Crippen molar-refractivity contribution < 1.29 is 0 Å². The number of hydrogen-bond acceptors (Lipinski definition) is 5. The lowest BCUT2D eigenvalue weighted by Gasteiger charge is -2.31. The number of anilines is 1. The summed E-state index contributed by atoms with van der Waals surface area (Å²) in [6.07, 6.45) is 0. The highest BCUT2D eigenvalue weighted by molar-refractivity contribution is 5.93. The zero-order valence-electron chi connectivity index (χ0n) is 19.0. The van der Waals surface area contributed by atoms with Gasteiger partial charge in [0.25, 0.3) is 5.56 Å². The number of imidazole rings is 1. The van der Waals surface area contributed by atoms with Crippen LogP contribution in [0.2, 0.25) is 0 Å². The van der Waals surface area contributed by atoms with Gasteiger partial charge in [-0.1, -0.05) is 63.2 Å². The number of hydrazone groups is 1.